The number of thioether (sulfide) groups is 1. The van der Waals surface area contributed by atoms with Crippen molar-refractivity contribution in [2.45, 2.75) is 23.6 Å². The van der Waals surface area contributed by atoms with Crippen LogP contribution < -0.4 is 10.1 Å². The fourth-order valence-electron chi connectivity index (χ4n) is 2.50. The van der Waals surface area contributed by atoms with Crippen LogP contribution in [-0.4, -0.2) is 45.1 Å². The lowest BCUT2D eigenvalue weighted by atomic mass is 10.2. The van der Waals surface area contributed by atoms with Crippen LogP contribution in [0.3, 0.4) is 0 Å². The Balaban J connectivity index is 2.12. The first-order valence-corrected chi connectivity index (χ1v) is 11.1. The molecule has 0 aliphatic heterocycles. The minimum Gasteiger partial charge on any atom is -0.494 e. The van der Waals surface area contributed by atoms with Crippen molar-refractivity contribution in [3.05, 3.63) is 48.0 Å². The summed E-state index contributed by atoms with van der Waals surface area (Å²) in [6, 6.07) is 12.1. The van der Waals surface area contributed by atoms with Crippen molar-refractivity contribution in [3.8, 4) is 5.75 Å². The van der Waals surface area contributed by atoms with Gasteiger partial charge in [-0.05, 0) is 56.0 Å². The van der Waals surface area contributed by atoms with E-state index >= 15 is 0 Å². The van der Waals surface area contributed by atoms with E-state index in [4.69, 9.17) is 4.74 Å². The summed E-state index contributed by atoms with van der Waals surface area (Å²) >= 11 is 1.51. The molecule has 0 aliphatic rings. The van der Waals surface area contributed by atoms with Gasteiger partial charge < -0.3 is 10.1 Å². The Morgan fingerprint density at radius 2 is 1.93 bits per heavy atom. The van der Waals surface area contributed by atoms with Crippen LogP contribution in [0.4, 0.5) is 5.69 Å². The molecule has 0 aromatic heterocycles. The molecule has 2 rings (SSSR count). The quantitative estimate of drug-likeness (QED) is 0.678. The maximum Gasteiger partial charge on any atom is 0.243 e. The Kier molecular flexibility index (Phi) is 7.29. The van der Waals surface area contributed by atoms with E-state index in [0.29, 0.717) is 18.0 Å². The number of hydrogen-bond acceptors (Lipinski definition) is 5. The highest BCUT2D eigenvalue weighted by molar-refractivity contribution is 7.98. The third kappa shape index (κ3) is 5.24. The van der Waals surface area contributed by atoms with Gasteiger partial charge in [0.05, 0.1) is 23.7 Å². The summed E-state index contributed by atoms with van der Waals surface area (Å²) in [5, 5.41) is 2.77. The van der Waals surface area contributed by atoms with Crippen LogP contribution in [-0.2, 0) is 14.8 Å². The second-order valence-corrected chi connectivity index (χ2v) is 8.76. The average Bonchev–Trinajstić information content (AvgIpc) is 2.63. The van der Waals surface area contributed by atoms with E-state index in [0.717, 1.165) is 14.8 Å². The fourth-order valence-corrected chi connectivity index (χ4v) is 4.27. The predicted molar refractivity (Wildman–Crippen MR) is 109 cm³/mol. The van der Waals surface area contributed by atoms with E-state index < -0.39 is 15.9 Å². The molecule has 0 heterocycles. The smallest absolute Gasteiger partial charge is 0.243 e. The van der Waals surface area contributed by atoms with Crippen molar-refractivity contribution < 1.29 is 17.9 Å². The number of sulfonamides is 1. The Labute approximate surface area is 165 Å². The predicted octanol–water partition coefficient (Wildman–Crippen LogP) is 3.37. The van der Waals surface area contributed by atoms with Crippen molar-refractivity contribution in [1.29, 1.82) is 0 Å². The lowest BCUT2D eigenvalue weighted by molar-refractivity contribution is -0.116. The first kappa shape index (κ1) is 21.3. The van der Waals surface area contributed by atoms with Gasteiger partial charge in [-0.2, -0.15) is 4.31 Å². The highest BCUT2D eigenvalue weighted by atomic mass is 32.2. The maximum atomic E-state index is 12.8. The third-order valence-electron chi connectivity index (χ3n) is 3.90. The van der Waals surface area contributed by atoms with Crippen LogP contribution in [0.15, 0.2) is 52.3 Å². The number of anilines is 1. The van der Waals surface area contributed by atoms with Gasteiger partial charge in [-0.1, -0.05) is 12.1 Å². The SMILES string of the molecule is CCOc1ccc(S(=O)(=O)N(C)CC(=O)Nc2ccccc2SC)cc1C. The summed E-state index contributed by atoms with van der Waals surface area (Å²) in [4.78, 5) is 13.4. The number of benzene rings is 2. The lowest BCUT2D eigenvalue weighted by Crippen LogP contribution is -2.35. The van der Waals surface area contributed by atoms with Crippen LogP contribution in [0.2, 0.25) is 0 Å². The number of rotatable bonds is 8. The number of hydrogen-bond donors (Lipinski definition) is 1. The number of aryl methyl sites for hydroxylation is 1. The van der Waals surface area contributed by atoms with E-state index in [-0.39, 0.29) is 11.4 Å². The van der Waals surface area contributed by atoms with Gasteiger partial charge in [-0.15, -0.1) is 11.8 Å². The monoisotopic (exact) mass is 408 g/mol. The molecule has 2 aromatic rings. The Bertz CT molecular complexity index is 914. The zero-order valence-corrected chi connectivity index (χ0v) is 17.5. The molecular formula is C19H24N2O4S2. The van der Waals surface area contributed by atoms with Crippen molar-refractivity contribution >= 4 is 33.4 Å². The molecule has 8 heteroatoms. The van der Waals surface area contributed by atoms with Gasteiger partial charge in [0.25, 0.3) is 0 Å². The molecule has 0 aliphatic carbocycles. The van der Waals surface area contributed by atoms with Gasteiger partial charge >= 0.3 is 0 Å². The van der Waals surface area contributed by atoms with Gasteiger partial charge in [0, 0.05) is 11.9 Å². The molecule has 0 atom stereocenters. The normalized spacial score (nSPS) is 11.4. The number of ether oxygens (including phenoxy) is 1. The first-order valence-electron chi connectivity index (χ1n) is 8.42. The summed E-state index contributed by atoms with van der Waals surface area (Å²) in [7, 11) is -2.39. The summed E-state index contributed by atoms with van der Waals surface area (Å²) < 4.78 is 32.0. The Morgan fingerprint density at radius 1 is 1.22 bits per heavy atom. The van der Waals surface area contributed by atoms with E-state index in [2.05, 4.69) is 5.32 Å². The molecular weight excluding hydrogens is 384 g/mol. The molecule has 0 saturated heterocycles. The molecule has 0 unspecified atom stereocenters. The zero-order chi connectivity index (χ0) is 20.0. The molecule has 0 spiro atoms. The van der Waals surface area contributed by atoms with Crippen LogP contribution in [0, 0.1) is 6.92 Å². The molecule has 0 saturated carbocycles. The second kappa shape index (κ2) is 9.25. The molecule has 0 radical (unpaired) electrons. The summed E-state index contributed by atoms with van der Waals surface area (Å²) in [6.45, 7) is 3.88. The molecule has 1 amide bonds. The minimum absolute atomic E-state index is 0.128. The molecule has 0 fully saturated rings. The van der Waals surface area contributed by atoms with Crippen molar-refractivity contribution in [2.75, 3.05) is 31.8 Å². The number of nitrogens with zero attached hydrogens (tertiary/aromatic N) is 1. The van der Waals surface area contributed by atoms with E-state index in [9.17, 15) is 13.2 Å². The number of para-hydroxylation sites is 1. The van der Waals surface area contributed by atoms with E-state index in [1.165, 1.54) is 24.9 Å². The third-order valence-corrected chi connectivity index (χ3v) is 6.50. The van der Waals surface area contributed by atoms with E-state index in [1.54, 1.807) is 25.1 Å². The van der Waals surface area contributed by atoms with Gasteiger partial charge in [0.1, 0.15) is 5.75 Å². The van der Waals surface area contributed by atoms with Gasteiger partial charge in [0.15, 0.2) is 0 Å². The van der Waals surface area contributed by atoms with Crippen molar-refractivity contribution in [3.63, 3.8) is 0 Å². The van der Waals surface area contributed by atoms with Crippen molar-refractivity contribution in [2.24, 2.45) is 0 Å². The maximum absolute atomic E-state index is 12.8. The number of carbonyl (C=O) groups excluding carboxylic acids is 1. The van der Waals surface area contributed by atoms with Crippen molar-refractivity contribution in [1.82, 2.24) is 4.31 Å². The van der Waals surface area contributed by atoms with Crippen LogP contribution in [0.25, 0.3) is 0 Å². The molecule has 6 nitrogen and oxygen atoms in total. The summed E-state index contributed by atoms with van der Waals surface area (Å²) in [5.41, 5.74) is 1.39. The Morgan fingerprint density at radius 3 is 2.56 bits per heavy atom. The van der Waals surface area contributed by atoms with Gasteiger partial charge in [-0.25, -0.2) is 8.42 Å². The summed E-state index contributed by atoms with van der Waals surface area (Å²) in [5.74, 6) is 0.246. The highest BCUT2D eigenvalue weighted by Gasteiger charge is 2.24. The van der Waals surface area contributed by atoms with Crippen LogP contribution >= 0.6 is 11.8 Å². The molecule has 1 N–H and O–H groups in total. The number of carbonyl (C=O) groups is 1. The average molecular weight is 409 g/mol. The number of amides is 1. The van der Waals surface area contributed by atoms with Crippen LogP contribution in [0.5, 0.6) is 5.75 Å². The fraction of sp³-hybridized carbons (Fsp3) is 0.316. The standard InChI is InChI=1S/C19H24N2O4S2/c1-5-25-17-11-10-15(12-14(17)2)27(23,24)21(3)13-19(22)20-16-8-6-7-9-18(16)26-4/h6-12H,5,13H2,1-4H3,(H,20,22). The van der Waals surface area contributed by atoms with Crippen LogP contribution in [0.1, 0.15) is 12.5 Å². The summed E-state index contributed by atoms with van der Waals surface area (Å²) in [6.07, 6.45) is 1.91. The molecule has 146 valence electrons. The minimum atomic E-state index is -3.78. The van der Waals surface area contributed by atoms with E-state index in [1.807, 2.05) is 31.4 Å². The molecule has 0 bridgehead atoms. The number of likely N-dealkylation sites (N-methyl/N-ethyl adjacent to an activating group) is 1. The van der Waals surface area contributed by atoms with Gasteiger partial charge in [0.2, 0.25) is 15.9 Å². The first-order chi connectivity index (χ1) is 12.8. The van der Waals surface area contributed by atoms with Gasteiger partial charge in [-0.3, -0.25) is 4.79 Å². The topological polar surface area (TPSA) is 75.7 Å². The lowest BCUT2D eigenvalue weighted by Gasteiger charge is -2.18. The zero-order valence-electron chi connectivity index (χ0n) is 15.9. The highest BCUT2D eigenvalue weighted by Crippen LogP contribution is 2.25. The second-order valence-electron chi connectivity index (χ2n) is 5.87. The Hall–Kier alpha value is -2.03. The number of nitrogens with one attached hydrogen (secondary N) is 1. The largest absolute Gasteiger partial charge is 0.494 e. The molecule has 2 aromatic carbocycles. The molecule has 27 heavy (non-hydrogen) atoms.